The first-order valence-corrected chi connectivity index (χ1v) is 6.15. The number of rotatable bonds is 8. The van der Waals surface area contributed by atoms with Crippen LogP contribution in [0.5, 0.6) is 0 Å². The van der Waals surface area contributed by atoms with E-state index in [1.165, 1.54) is 0 Å². The van der Waals surface area contributed by atoms with Crippen LogP contribution in [0.15, 0.2) is 0 Å². The quantitative estimate of drug-likeness (QED) is 0.603. The van der Waals surface area contributed by atoms with Crippen molar-refractivity contribution in [1.82, 2.24) is 0 Å². The summed E-state index contributed by atoms with van der Waals surface area (Å²) in [6.45, 7) is 5.12. The van der Waals surface area contributed by atoms with Gasteiger partial charge < -0.3 is 15.6 Å². The third-order valence-corrected chi connectivity index (χ3v) is 3.62. The van der Waals surface area contributed by atoms with Crippen LogP contribution in [0.4, 0.5) is 0 Å². The topological polar surface area (TPSA) is 55.5 Å². The number of aliphatic hydroxyl groups is 1. The molecular weight excluding hydrogens is 198 g/mol. The molecule has 0 amide bonds. The van der Waals surface area contributed by atoms with Gasteiger partial charge in [-0.25, -0.2) is 0 Å². The molecule has 3 nitrogen and oxygen atoms in total. The maximum Gasteiger partial charge on any atom is 0.0565 e. The molecule has 0 fully saturated rings. The lowest BCUT2D eigenvalue weighted by Crippen LogP contribution is -2.39. The third-order valence-electron chi connectivity index (χ3n) is 2.20. The number of hydrogen-bond acceptors (Lipinski definition) is 4. The predicted octanol–water partition coefficient (Wildman–Crippen LogP) is 1.10. The van der Waals surface area contributed by atoms with Crippen LogP contribution in [-0.4, -0.2) is 42.5 Å². The summed E-state index contributed by atoms with van der Waals surface area (Å²) >= 11 is 1.74. The first-order valence-electron chi connectivity index (χ1n) is 5.10. The summed E-state index contributed by atoms with van der Waals surface area (Å²) in [5.41, 5.74) is 5.97. The molecule has 0 heterocycles. The van der Waals surface area contributed by atoms with E-state index >= 15 is 0 Å². The average molecular weight is 221 g/mol. The molecule has 0 aliphatic carbocycles. The summed E-state index contributed by atoms with van der Waals surface area (Å²) in [5, 5.41) is 9.33. The first-order chi connectivity index (χ1) is 6.63. The van der Waals surface area contributed by atoms with Gasteiger partial charge in [0, 0.05) is 25.0 Å². The van der Waals surface area contributed by atoms with Crippen molar-refractivity contribution in [3.8, 4) is 0 Å². The molecule has 86 valence electrons. The minimum atomic E-state index is 0.0764. The predicted molar refractivity (Wildman–Crippen MR) is 62.6 cm³/mol. The molecule has 0 aromatic rings. The zero-order valence-corrected chi connectivity index (χ0v) is 10.2. The zero-order valence-electron chi connectivity index (χ0n) is 9.40. The van der Waals surface area contributed by atoms with Gasteiger partial charge in [-0.3, -0.25) is 0 Å². The second-order valence-electron chi connectivity index (χ2n) is 3.76. The lowest BCUT2D eigenvalue weighted by molar-refractivity contribution is 0.200. The van der Waals surface area contributed by atoms with Gasteiger partial charge >= 0.3 is 0 Å². The summed E-state index contributed by atoms with van der Waals surface area (Å²) in [7, 11) is 1.70. The first kappa shape index (κ1) is 14.2. The minimum absolute atomic E-state index is 0.0764. The van der Waals surface area contributed by atoms with E-state index in [0.717, 1.165) is 18.8 Å². The second kappa shape index (κ2) is 8.53. The molecule has 0 aromatic heterocycles. The van der Waals surface area contributed by atoms with Crippen LogP contribution < -0.4 is 5.73 Å². The highest BCUT2D eigenvalue weighted by atomic mass is 32.2. The fraction of sp³-hybridized carbons (Fsp3) is 1.00. The Hall–Kier alpha value is 0.230. The summed E-state index contributed by atoms with van der Waals surface area (Å²) in [6.07, 6.45) is 1.02. The molecule has 0 bridgehead atoms. The molecule has 3 N–H and O–H groups in total. The normalized spacial score (nSPS) is 15.9. The van der Waals surface area contributed by atoms with E-state index in [1.807, 2.05) is 0 Å². The van der Waals surface area contributed by atoms with Gasteiger partial charge in [0.2, 0.25) is 0 Å². The molecule has 0 spiro atoms. The number of ether oxygens (including phenoxy) is 1. The van der Waals surface area contributed by atoms with Crippen molar-refractivity contribution in [2.75, 3.05) is 26.1 Å². The SMILES string of the molecule is COCCCSC(CO)C(N)C(C)C. The van der Waals surface area contributed by atoms with Crippen LogP contribution in [0, 0.1) is 5.92 Å². The zero-order chi connectivity index (χ0) is 11.0. The summed E-state index contributed by atoms with van der Waals surface area (Å²) in [6, 6.07) is 0.0764. The van der Waals surface area contributed by atoms with E-state index in [4.69, 9.17) is 15.6 Å². The highest BCUT2D eigenvalue weighted by Gasteiger charge is 2.19. The Labute approximate surface area is 91.4 Å². The summed E-state index contributed by atoms with van der Waals surface area (Å²) in [5.74, 6) is 1.42. The standard InChI is InChI=1S/C10H23NO2S/c1-8(2)10(11)9(7-12)14-6-4-5-13-3/h8-10,12H,4-7,11H2,1-3H3. The number of hydrogen-bond donors (Lipinski definition) is 2. The third kappa shape index (κ3) is 5.86. The number of thioether (sulfide) groups is 1. The van der Waals surface area contributed by atoms with Crippen LogP contribution >= 0.6 is 11.8 Å². The molecule has 0 saturated carbocycles. The van der Waals surface area contributed by atoms with Gasteiger partial charge in [-0.2, -0.15) is 11.8 Å². The molecule has 2 atom stereocenters. The Morgan fingerprint density at radius 2 is 2.07 bits per heavy atom. The van der Waals surface area contributed by atoms with Gasteiger partial charge in [-0.1, -0.05) is 13.8 Å². The summed E-state index contributed by atoms with van der Waals surface area (Å²) < 4.78 is 4.96. The van der Waals surface area contributed by atoms with E-state index in [1.54, 1.807) is 18.9 Å². The van der Waals surface area contributed by atoms with Gasteiger partial charge in [-0.15, -0.1) is 0 Å². The van der Waals surface area contributed by atoms with E-state index in [-0.39, 0.29) is 17.9 Å². The van der Waals surface area contributed by atoms with E-state index < -0.39 is 0 Å². The highest BCUT2D eigenvalue weighted by molar-refractivity contribution is 7.99. The number of nitrogens with two attached hydrogens (primary N) is 1. The lowest BCUT2D eigenvalue weighted by Gasteiger charge is -2.24. The van der Waals surface area contributed by atoms with Gasteiger partial charge in [0.05, 0.1) is 6.61 Å². The van der Waals surface area contributed by atoms with E-state index in [2.05, 4.69) is 13.8 Å². The highest BCUT2D eigenvalue weighted by Crippen LogP contribution is 2.18. The van der Waals surface area contributed by atoms with Gasteiger partial charge in [0.1, 0.15) is 0 Å². The Morgan fingerprint density at radius 1 is 1.43 bits per heavy atom. The Kier molecular flexibility index (Phi) is 8.67. The van der Waals surface area contributed by atoms with E-state index in [0.29, 0.717) is 5.92 Å². The van der Waals surface area contributed by atoms with Crippen LogP contribution in [0.3, 0.4) is 0 Å². The van der Waals surface area contributed by atoms with Crippen LogP contribution in [0.25, 0.3) is 0 Å². The Balaban J connectivity index is 3.67. The van der Waals surface area contributed by atoms with Crippen molar-refractivity contribution < 1.29 is 9.84 Å². The molecule has 0 rings (SSSR count). The molecule has 14 heavy (non-hydrogen) atoms. The molecule has 0 aliphatic rings. The second-order valence-corrected chi connectivity index (χ2v) is 5.11. The van der Waals surface area contributed by atoms with Crippen LogP contribution in [0.2, 0.25) is 0 Å². The molecule has 0 radical (unpaired) electrons. The Morgan fingerprint density at radius 3 is 2.50 bits per heavy atom. The van der Waals surface area contributed by atoms with Crippen molar-refractivity contribution in [2.24, 2.45) is 11.7 Å². The molecule has 2 unspecified atom stereocenters. The van der Waals surface area contributed by atoms with Gasteiger partial charge in [-0.05, 0) is 18.1 Å². The fourth-order valence-electron chi connectivity index (χ4n) is 1.15. The maximum atomic E-state index is 9.17. The monoisotopic (exact) mass is 221 g/mol. The van der Waals surface area contributed by atoms with Gasteiger partial charge in [0.25, 0.3) is 0 Å². The van der Waals surface area contributed by atoms with Crippen LogP contribution in [0.1, 0.15) is 20.3 Å². The van der Waals surface area contributed by atoms with E-state index in [9.17, 15) is 0 Å². The minimum Gasteiger partial charge on any atom is -0.395 e. The fourth-order valence-corrected chi connectivity index (χ4v) is 2.38. The maximum absolute atomic E-state index is 9.17. The van der Waals surface area contributed by atoms with Crippen molar-refractivity contribution in [2.45, 2.75) is 31.6 Å². The molecule has 0 aliphatic heterocycles. The van der Waals surface area contributed by atoms with Crippen molar-refractivity contribution in [1.29, 1.82) is 0 Å². The molecular formula is C10H23NO2S. The van der Waals surface area contributed by atoms with Crippen molar-refractivity contribution in [3.63, 3.8) is 0 Å². The molecule has 0 saturated heterocycles. The number of aliphatic hydroxyl groups excluding tert-OH is 1. The lowest BCUT2D eigenvalue weighted by atomic mass is 10.0. The van der Waals surface area contributed by atoms with Gasteiger partial charge in [0.15, 0.2) is 0 Å². The smallest absolute Gasteiger partial charge is 0.0565 e. The van der Waals surface area contributed by atoms with Crippen molar-refractivity contribution in [3.05, 3.63) is 0 Å². The summed E-state index contributed by atoms with van der Waals surface area (Å²) in [4.78, 5) is 0. The largest absolute Gasteiger partial charge is 0.395 e. The number of methoxy groups -OCH3 is 1. The molecule has 0 aromatic carbocycles. The average Bonchev–Trinajstić information content (AvgIpc) is 2.17. The Bertz CT molecular complexity index is 133. The van der Waals surface area contributed by atoms with Crippen LogP contribution in [-0.2, 0) is 4.74 Å². The van der Waals surface area contributed by atoms with Crippen molar-refractivity contribution >= 4 is 11.8 Å². The molecule has 4 heteroatoms.